The topological polar surface area (TPSA) is 133 Å². The zero-order valence-electron chi connectivity index (χ0n) is 23.1. The van der Waals surface area contributed by atoms with Crippen molar-refractivity contribution in [2.45, 2.75) is 19.9 Å². The summed E-state index contributed by atoms with van der Waals surface area (Å²) in [6.07, 6.45) is 0.199. The van der Waals surface area contributed by atoms with E-state index in [-0.39, 0.29) is 24.8 Å². The summed E-state index contributed by atoms with van der Waals surface area (Å²) in [7, 11) is 0. The Morgan fingerprint density at radius 3 is 2.40 bits per heavy atom. The number of hydrogen-bond donors (Lipinski definition) is 2. The molecule has 1 aliphatic heterocycles. The van der Waals surface area contributed by atoms with E-state index in [0.29, 0.717) is 42.9 Å². The van der Waals surface area contributed by atoms with Crippen molar-refractivity contribution in [1.82, 2.24) is 35.5 Å². The molecule has 11 heteroatoms. The van der Waals surface area contributed by atoms with Gasteiger partial charge in [0, 0.05) is 36.8 Å². The van der Waals surface area contributed by atoms with Gasteiger partial charge in [0.05, 0.1) is 12.1 Å². The highest BCUT2D eigenvalue weighted by atomic mass is 16.2. The second-order valence-electron chi connectivity index (χ2n) is 10.2. The third kappa shape index (κ3) is 6.15. The van der Waals surface area contributed by atoms with E-state index in [1.807, 2.05) is 95.6 Å². The van der Waals surface area contributed by atoms with E-state index in [1.54, 1.807) is 6.07 Å². The summed E-state index contributed by atoms with van der Waals surface area (Å²) < 4.78 is 0. The number of nitrogens with zero attached hydrogens (tertiary/aromatic N) is 7. The summed E-state index contributed by atoms with van der Waals surface area (Å²) in [6.45, 7) is 3.75. The van der Waals surface area contributed by atoms with Crippen LogP contribution in [-0.4, -0.2) is 66.9 Å². The van der Waals surface area contributed by atoms with Gasteiger partial charge >= 0.3 is 0 Å². The van der Waals surface area contributed by atoms with Crippen LogP contribution in [0, 0.1) is 6.92 Å². The number of H-pyrrole nitrogens is 1. The second-order valence-corrected chi connectivity index (χ2v) is 10.2. The van der Waals surface area contributed by atoms with Gasteiger partial charge in [-0.15, -0.1) is 10.2 Å². The van der Waals surface area contributed by atoms with Gasteiger partial charge in [-0.2, -0.15) is 10.2 Å². The van der Waals surface area contributed by atoms with Crippen molar-refractivity contribution < 1.29 is 9.59 Å². The molecule has 0 saturated carbocycles. The second kappa shape index (κ2) is 12.0. The lowest BCUT2D eigenvalue weighted by atomic mass is 10.0. The Balaban J connectivity index is 1.29. The molecule has 0 unspecified atom stereocenters. The Labute approximate surface area is 242 Å². The number of benzene rings is 3. The van der Waals surface area contributed by atoms with Gasteiger partial charge in [0.25, 0.3) is 0 Å². The Morgan fingerprint density at radius 2 is 1.67 bits per heavy atom. The van der Waals surface area contributed by atoms with Gasteiger partial charge in [0.15, 0.2) is 0 Å². The summed E-state index contributed by atoms with van der Waals surface area (Å²) in [5.74, 6) is 0.893. The summed E-state index contributed by atoms with van der Waals surface area (Å²) in [4.78, 5) is 39.4. The van der Waals surface area contributed by atoms with Crippen LogP contribution in [0.4, 0.5) is 11.8 Å². The molecule has 0 aliphatic carbocycles. The lowest BCUT2D eigenvalue weighted by Gasteiger charge is -2.34. The minimum Gasteiger partial charge on any atom is -0.335 e. The lowest BCUT2D eigenvalue weighted by Crippen LogP contribution is -2.50. The highest BCUT2D eigenvalue weighted by molar-refractivity contribution is 5.92. The van der Waals surface area contributed by atoms with Gasteiger partial charge in [-0.3, -0.25) is 9.59 Å². The zero-order valence-corrected chi connectivity index (χ0v) is 23.1. The highest BCUT2D eigenvalue weighted by Crippen LogP contribution is 2.31. The molecule has 3 aromatic carbocycles. The predicted molar refractivity (Wildman–Crippen MR) is 158 cm³/mol. The summed E-state index contributed by atoms with van der Waals surface area (Å²) in [6, 6.07) is 27.0. The molecule has 1 aliphatic rings. The van der Waals surface area contributed by atoms with Crippen LogP contribution in [0.15, 0.2) is 84.9 Å². The molecule has 0 radical (unpaired) electrons. The quantitative estimate of drug-likeness (QED) is 0.294. The van der Waals surface area contributed by atoms with Crippen molar-refractivity contribution in [3.63, 3.8) is 0 Å². The maximum Gasteiger partial charge on any atom is 0.242 e. The normalized spacial score (nSPS) is 13.3. The van der Waals surface area contributed by atoms with Gasteiger partial charge in [0.2, 0.25) is 23.6 Å². The number of aromatic amines is 1. The molecule has 5 aromatic rings. The number of anilines is 2. The maximum absolute atomic E-state index is 13.2. The molecule has 0 atom stereocenters. The van der Waals surface area contributed by atoms with Gasteiger partial charge in [-0.1, -0.05) is 84.4 Å². The number of hydrogen-bond acceptors (Lipinski definition) is 8. The monoisotopic (exact) mass is 559 g/mol. The Bertz CT molecular complexity index is 1690. The van der Waals surface area contributed by atoms with Crippen LogP contribution in [-0.2, 0) is 22.6 Å². The minimum absolute atomic E-state index is 0.0174. The Morgan fingerprint density at radius 1 is 0.905 bits per heavy atom. The number of amides is 2. The number of carbonyl (C=O) groups excluding carboxylic acids is 2. The van der Waals surface area contributed by atoms with E-state index in [1.165, 1.54) is 0 Å². The van der Waals surface area contributed by atoms with Gasteiger partial charge in [-0.25, -0.2) is 4.98 Å². The van der Waals surface area contributed by atoms with Crippen molar-refractivity contribution in [3.05, 3.63) is 102 Å². The minimum atomic E-state index is -0.204. The van der Waals surface area contributed by atoms with Crippen molar-refractivity contribution >= 4 is 23.6 Å². The Hall–Kier alpha value is -5.45. The largest absolute Gasteiger partial charge is 0.335 e. The van der Waals surface area contributed by atoms with Crippen LogP contribution in [0.3, 0.4) is 0 Å². The molecule has 210 valence electrons. The third-order valence-electron chi connectivity index (χ3n) is 7.07. The SMILES string of the molecule is Cc1ccc(CC(=O)Nc2cc(-c3ccccc3-c3nn[nH]n3)nc(N3CCN(Cc4ccccc4)C(=O)C3)n2)cc1. The Kier molecular flexibility index (Phi) is 7.62. The molecular formula is C31H29N9O2. The molecule has 42 heavy (non-hydrogen) atoms. The molecule has 1 fully saturated rings. The maximum atomic E-state index is 13.2. The number of nitrogens with one attached hydrogen (secondary N) is 2. The molecule has 1 saturated heterocycles. The standard InChI is InChI=1S/C31H29N9O2/c1-21-11-13-22(14-12-21)17-28(41)33-27-18-26(24-9-5-6-10-25(24)30-35-37-38-36-30)32-31(34-27)40-16-15-39(29(42)20-40)19-23-7-3-2-4-8-23/h2-14,18H,15-17,19-20H2,1H3,(H,32,33,34,41)(H,35,36,37,38). The van der Waals surface area contributed by atoms with Crippen molar-refractivity contribution in [2.24, 2.45) is 0 Å². The first-order valence-electron chi connectivity index (χ1n) is 13.7. The van der Waals surface area contributed by atoms with Crippen LogP contribution in [0.2, 0.25) is 0 Å². The van der Waals surface area contributed by atoms with Crippen molar-refractivity contribution in [3.8, 4) is 22.6 Å². The predicted octanol–water partition coefficient (Wildman–Crippen LogP) is 3.66. The van der Waals surface area contributed by atoms with Crippen LogP contribution < -0.4 is 10.2 Å². The first-order chi connectivity index (χ1) is 20.5. The molecule has 6 rings (SSSR count). The highest BCUT2D eigenvalue weighted by Gasteiger charge is 2.27. The van der Waals surface area contributed by atoms with E-state index < -0.39 is 0 Å². The smallest absolute Gasteiger partial charge is 0.242 e. The van der Waals surface area contributed by atoms with E-state index in [9.17, 15) is 9.59 Å². The number of aromatic nitrogens is 6. The average molecular weight is 560 g/mol. The fraction of sp³-hybridized carbons (Fsp3) is 0.194. The number of aryl methyl sites for hydroxylation is 1. The van der Waals surface area contributed by atoms with Crippen LogP contribution in [0.1, 0.15) is 16.7 Å². The molecule has 0 spiro atoms. The van der Waals surface area contributed by atoms with Crippen LogP contribution in [0.25, 0.3) is 22.6 Å². The van der Waals surface area contributed by atoms with Gasteiger partial charge < -0.3 is 15.1 Å². The zero-order chi connectivity index (χ0) is 28.9. The number of tetrazole rings is 1. The average Bonchev–Trinajstić information content (AvgIpc) is 3.55. The van der Waals surface area contributed by atoms with Gasteiger partial charge in [0.1, 0.15) is 12.4 Å². The molecule has 3 heterocycles. The van der Waals surface area contributed by atoms with Gasteiger partial charge in [-0.05, 0) is 23.3 Å². The van der Waals surface area contributed by atoms with Crippen LogP contribution >= 0.6 is 0 Å². The fourth-order valence-electron chi connectivity index (χ4n) is 4.88. The lowest BCUT2D eigenvalue weighted by molar-refractivity contribution is -0.131. The fourth-order valence-corrected chi connectivity index (χ4v) is 4.88. The molecule has 2 amide bonds. The number of carbonyl (C=O) groups is 2. The van der Waals surface area contributed by atoms with Crippen LogP contribution in [0.5, 0.6) is 0 Å². The molecular weight excluding hydrogens is 530 g/mol. The molecule has 0 bridgehead atoms. The first-order valence-corrected chi connectivity index (χ1v) is 13.7. The van der Waals surface area contributed by atoms with E-state index in [2.05, 4.69) is 30.9 Å². The third-order valence-corrected chi connectivity index (χ3v) is 7.07. The summed E-state index contributed by atoms with van der Waals surface area (Å²) in [5.41, 5.74) is 5.12. The van der Waals surface area contributed by atoms with E-state index in [0.717, 1.165) is 27.8 Å². The first kappa shape index (κ1) is 26.8. The molecule has 2 N–H and O–H groups in total. The summed E-state index contributed by atoms with van der Waals surface area (Å²) in [5, 5.41) is 17.4. The summed E-state index contributed by atoms with van der Waals surface area (Å²) >= 11 is 0. The molecule has 2 aromatic heterocycles. The molecule has 11 nitrogen and oxygen atoms in total. The number of rotatable bonds is 8. The van der Waals surface area contributed by atoms with E-state index >= 15 is 0 Å². The van der Waals surface area contributed by atoms with Crippen molar-refractivity contribution in [2.75, 3.05) is 29.9 Å². The van der Waals surface area contributed by atoms with Crippen molar-refractivity contribution in [1.29, 1.82) is 0 Å². The van der Waals surface area contributed by atoms with E-state index in [4.69, 9.17) is 4.98 Å². The number of piperazine rings is 1.